The van der Waals surface area contributed by atoms with E-state index in [1.165, 1.54) is 0 Å². The van der Waals surface area contributed by atoms with Crippen LogP contribution in [0.1, 0.15) is 0 Å². The van der Waals surface area contributed by atoms with Gasteiger partial charge in [-0.2, -0.15) is 4.99 Å². The van der Waals surface area contributed by atoms with Crippen molar-refractivity contribution in [2.45, 2.75) is 0 Å². The summed E-state index contributed by atoms with van der Waals surface area (Å²) < 4.78 is 0. The molecule has 0 aliphatic carbocycles. The van der Waals surface area contributed by atoms with Crippen molar-refractivity contribution < 1.29 is 4.79 Å². The first-order chi connectivity index (χ1) is 10.1. The van der Waals surface area contributed by atoms with Gasteiger partial charge in [0.2, 0.25) is 6.67 Å². The molecule has 0 unspecified atom stereocenters. The summed E-state index contributed by atoms with van der Waals surface area (Å²) in [5.74, 6) is 0.583. The van der Waals surface area contributed by atoms with Gasteiger partial charge in [0.15, 0.2) is 11.9 Å². The highest BCUT2D eigenvalue weighted by Gasteiger charge is 2.35. The number of hydrazine groups is 1. The van der Waals surface area contributed by atoms with E-state index < -0.39 is 0 Å². The molecular weight excluding hydrogens is 266 g/mol. The van der Waals surface area contributed by atoms with Crippen LogP contribution in [-0.2, 0) is 4.79 Å². The van der Waals surface area contributed by atoms with Gasteiger partial charge in [-0.3, -0.25) is 9.80 Å². The Hall–Kier alpha value is -2.44. The SMILES string of the molecule is CN(C)N1C=CC2=NC(C(=O)Nc3ccccc3)=C[N+]2C1. The van der Waals surface area contributed by atoms with Gasteiger partial charge in [-0.05, 0) is 12.1 Å². The highest BCUT2D eigenvalue weighted by Crippen LogP contribution is 2.17. The molecule has 0 saturated heterocycles. The summed E-state index contributed by atoms with van der Waals surface area (Å²) in [5, 5.41) is 6.84. The molecule has 2 aliphatic rings. The number of hydrogen-bond donors (Lipinski definition) is 1. The third kappa shape index (κ3) is 2.86. The van der Waals surface area contributed by atoms with Crippen LogP contribution in [-0.4, -0.2) is 42.5 Å². The topological polar surface area (TPSA) is 53.8 Å². The standard InChI is InChI=1S/C15H17N5O/c1-18(2)20-9-8-14-17-13(10-19(14)11-20)15(21)16-12-6-4-3-5-7-12/h3-10H,11H2,1-2H3,(H,16,21)/q+1. The van der Waals surface area contributed by atoms with E-state index in [9.17, 15) is 4.79 Å². The summed E-state index contributed by atoms with van der Waals surface area (Å²) in [6, 6.07) is 9.37. The van der Waals surface area contributed by atoms with Crippen molar-refractivity contribution in [2.75, 3.05) is 26.1 Å². The minimum Gasteiger partial charge on any atom is -0.320 e. The van der Waals surface area contributed by atoms with Crippen molar-refractivity contribution in [3.8, 4) is 0 Å². The van der Waals surface area contributed by atoms with E-state index in [-0.39, 0.29) is 5.91 Å². The van der Waals surface area contributed by atoms with Crippen LogP contribution in [0.25, 0.3) is 0 Å². The maximum atomic E-state index is 12.2. The number of benzene rings is 1. The molecule has 1 aromatic carbocycles. The molecule has 0 aromatic heterocycles. The van der Waals surface area contributed by atoms with E-state index in [1.807, 2.05) is 71.6 Å². The zero-order chi connectivity index (χ0) is 14.8. The number of hydrogen-bond acceptors (Lipinski definition) is 5. The van der Waals surface area contributed by atoms with Crippen LogP contribution in [0.4, 0.5) is 5.69 Å². The number of aliphatic imine (C=N–C) groups is 1. The van der Waals surface area contributed by atoms with Crippen molar-refractivity contribution >= 4 is 17.4 Å². The summed E-state index contributed by atoms with van der Waals surface area (Å²) in [7, 11) is 3.94. The van der Waals surface area contributed by atoms with Crippen LogP contribution >= 0.6 is 0 Å². The third-order valence-electron chi connectivity index (χ3n) is 3.28. The van der Waals surface area contributed by atoms with E-state index >= 15 is 0 Å². The second-order valence-corrected chi connectivity index (χ2v) is 5.02. The summed E-state index contributed by atoms with van der Waals surface area (Å²) in [6.07, 6.45) is 5.61. The Morgan fingerprint density at radius 3 is 2.81 bits per heavy atom. The monoisotopic (exact) mass is 283 g/mol. The number of nitrogens with one attached hydrogen (secondary N) is 1. The molecule has 0 saturated carbocycles. The molecule has 1 aromatic rings. The smallest absolute Gasteiger partial charge is 0.285 e. The number of amides is 1. The van der Waals surface area contributed by atoms with Crippen LogP contribution in [0.2, 0.25) is 0 Å². The molecule has 6 nitrogen and oxygen atoms in total. The Kier molecular flexibility index (Phi) is 3.55. The van der Waals surface area contributed by atoms with Crippen LogP contribution in [0.5, 0.6) is 0 Å². The van der Waals surface area contributed by atoms with Crippen molar-refractivity contribution in [1.82, 2.24) is 14.9 Å². The fourth-order valence-corrected chi connectivity index (χ4v) is 2.12. The molecule has 0 spiro atoms. The molecule has 21 heavy (non-hydrogen) atoms. The summed E-state index contributed by atoms with van der Waals surface area (Å²) >= 11 is 0. The van der Waals surface area contributed by atoms with E-state index in [0.717, 1.165) is 11.5 Å². The Labute approximate surface area is 123 Å². The highest BCUT2D eigenvalue weighted by molar-refractivity contribution is 6.10. The lowest BCUT2D eigenvalue weighted by Gasteiger charge is -2.27. The van der Waals surface area contributed by atoms with E-state index in [4.69, 9.17) is 0 Å². The van der Waals surface area contributed by atoms with Crippen LogP contribution < -0.4 is 10.2 Å². The molecule has 0 atom stereocenters. The molecule has 1 radical (unpaired) electrons. The Morgan fingerprint density at radius 1 is 1.33 bits per heavy atom. The predicted octanol–water partition coefficient (Wildman–Crippen LogP) is 1.28. The van der Waals surface area contributed by atoms with Crippen LogP contribution in [0, 0.1) is 0 Å². The minimum atomic E-state index is -0.201. The van der Waals surface area contributed by atoms with Gasteiger partial charge < -0.3 is 5.32 Å². The first-order valence-electron chi connectivity index (χ1n) is 6.69. The normalized spacial score (nSPS) is 17.6. The lowest BCUT2D eigenvalue weighted by molar-refractivity contribution is -0.112. The van der Waals surface area contributed by atoms with Crippen LogP contribution in [0.15, 0.2) is 59.5 Å². The second kappa shape index (κ2) is 5.51. The summed E-state index contributed by atoms with van der Waals surface area (Å²) in [6.45, 7) is 0.643. The Balaban J connectivity index is 1.72. The quantitative estimate of drug-likeness (QED) is 0.850. The van der Waals surface area contributed by atoms with Gasteiger partial charge in [-0.1, -0.05) is 23.1 Å². The van der Waals surface area contributed by atoms with Crippen molar-refractivity contribution in [3.63, 3.8) is 0 Å². The molecule has 1 amide bonds. The van der Waals surface area contributed by atoms with Crippen molar-refractivity contribution in [3.05, 3.63) is 54.5 Å². The van der Waals surface area contributed by atoms with Crippen LogP contribution in [0.3, 0.4) is 0 Å². The predicted molar refractivity (Wildman–Crippen MR) is 82.3 cm³/mol. The van der Waals surface area contributed by atoms with Gasteiger partial charge in [-0.25, -0.2) is 5.01 Å². The highest BCUT2D eigenvalue weighted by atomic mass is 16.2. The maximum absolute atomic E-state index is 12.2. The number of rotatable bonds is 3. The number of nitrogens with zero attached hydrogens (tertiary/aromatic N) is 4. The van der Waals surface area contributed by atoms with Gasteiger partial charge >= 0.3 is 0 Å². The molecule has 107 valence electrons. The number of amidine groups is 1. The number of carbonyl (C=O) groups excluding carboxylic acids is 1. The van der Waals surface area contributed by atoms with Crippen molar-refractivity contribution in [1.29, 1.82) is 0 Å². The molecule has 0 fully saturated rings. The lowest BCUT2D eigenvalue weighted by atomic mass is 10.3. The molecule has 3 rings (SSSR count). The van der Waals surface area contributed by atoms with Gasteiger partial charge in [0.05, 0.1) is 0 Å². The minimum absolute atomic E-state index is 0.201. The Bertz CT molecular complexity index is 633. The summed E-state index contributed by atoms with van der Waals surface area (Å²) in [5.41, 5.74) is 1.18. The first-order valence-corrected chi connectivity index (χ1v) is 6.69. The second-order valence-electron chi connectivity index (χ2n) is 5.02. The average molecular weight is 283 g/mol. The van der Waals surface area contributed by atoms with Gasteiger partial charge in [0.25, 0.3) is 11.7 Å². The zero-order valence-electron chi connectivity index (χ0n) is 12.0. The van der Waals surface area contributed by atoms with Gasteiger partial charge in [0.1, 0.15) is 0 Å². The number of carbonyl (C=O) groups is 1. The van der Waals surface area contributed by atoms with Crippen molar-refractivity contribution in [2.24, 2.45) is 4.99 Å². The van der Waals surface area contributed by atoms with Gasteiger partial charge in [-0.15, -0.1) is 0 Å². The average Bonchev–Trinajstić information content (AvgIpc) is 2.91. The van der Waals surface area contributed by atoms with E-state index in [2.05, 4.69) is 10.3 Å². The summed E-state index contributed by atoms with van der Waals surface area (Å²) in [4.78, 5) is 18.5. The molecule has 2 heterocycles. The molecule has 1 N–H and O–H groups in total. The first kappa shape index (κ1) is 13.5. The third-order valence-corrected chi connectivity index (χ3v) is 3.28. The molecular formula is C15H17N5O+. The number of para-hydroxylation sites is 1. The largest absolute Gasteiger partial charge is 0.320 e. The lowest BCUT2D eigenvalue weighted by Crippen LogP contribution is -2.47. The fourth-order valence-electron chi connectivity index (χ4n) is 2.12. The molecule has 0 bridgehead atoms. The number of anilines is 1. The van der Waals surface area contributed by atoms with E-state index in [1.54, 1.807) is 6.20 Å². The molecule has 2 aliphatic heterocycles. The zero-order valence-corrected chi connectivity index (χ0v) is 12.0. The maximum Gasteiger partial charge on any atom is 0.285 e. The Morgan fingerprint density at radius 2 is 2.10 bits per heavy atom. The fraction of sp³-hybridized carbons (Fsp3) is 0.200. The molecule has 6 heteroatoms. The van der Waals surface area contributed by atoms with Gasteiger partial charge in [0, 0.05) is 32.1 Å². The van der Waals surface area contributed by atoms with E-state index in [0.29, 0.717) is 12.4 Å². The number of fused-ring (bicyclic) bond motifs is 1.